The second kappa shape index (κ2) is 16.2. The summed E-state index contributed by atoms with van der Waals surface area (Å²) in [5, 5.41) is 37.3. The summed E-state index contributed by atoms with van der Waals surface area (Å²) < 4.78 is 3.60. The van der Waals surface area contributed by atoms with Gasteiger partial charge in [0.2, 0.25) is 17.7 Å². The van der Waals surface area contributed by atoms with Gasteiger partial charge in [-0.25, -0.2) is 5.84 Å². The molecule has 3 amide bonds. The standard InChI is InChI=1S/C17H23N5O3.C15H19N3O2/c1-11(2)9-10-22-13-6-4-3-5-12(13)16(17(22)25)21-20-15(24)8-7-14(23)19-18;1-10(2)8-9-18-13-7-5-4-6-12(13)14(15(18)20)17-16-11(3)19/h3-6,11,25H,7-10,18H2,1-2H3,(H,19,23);4-7,10,20H,8-9H2,1-3H3. The Morgan fingerprint density at radius 2 is 1.20 bits per heavy atom. The van der Waals surface area contributed by atoms with Crippen LogP contribution in [0, 0.1) is 11.8 Å². The largest absolute Gasteiger partial charge is 0.493 e. The Bertz CT molecular complexity index is 1700. The number of nitrogens with one attached hydrogen (secondary N) is 1. The van der Waals surface area contributed by atoms with Crippen molar-refractivity contribution in [2.75, 3.05) is 0 Å². The molecule has 13 nitrogen and oxygen atoms in total. The average molecular weight is 619 g/mol. The molecule has 4 aromatic rings. The highest BCUT2D eigenvalue weighted by Gasteiger charge is 2.18. The number of amides is 3. The number of para-hydroxylation sites is 2. The molecule has 2 aromatic heterocycles. The molecule has 0 unspecified atom stereocenters. The molecule has 2 aromatic carbocycles. The van der Waals surface area contributed by atoms with Gasteiger partial charge in [0.25, 0.3) is 11.8 Å². The van der Waals surface area contributed by atoms with E-state index in [1.807, 2.05) is 58.5 Å². The second-order valence-electron chi connectivity index (χ2n) is 11.4. The van der Waals surface area contributed by atoms with Crippen LogP contribution in [0.25, 0.3) is 21.8 Å². The molecule has 0 spiro atoms. The van der Waals surface area contributed by atoms with Crippen LogP contribution in [0.4, 0.5) is 11.4 Å². The smallest absolute Gasteiger partial charge is 0.265 e. The number of rotatable bonds is 11. The predicted octanol–water partition coefficient (Wildman–Crippen LogP) is 6.80. The molecule has 0 aliphatic carbocycles. The first-order chi connectivity index (χ1) is 21.4. The number of aromatic nitrogens is 2. The number of hydrazine groups is 1. The van der Waals surface area contributed by atoms with Crippen LogP contribution < -0.4 is 11.3 Å². The monoisotopic (exact) mass is 618 g/mol. The Kier molecular flexibility index (Phi) is 12.5. The first-order valence-electron chi connectivity index (χ1n) is 14.9. The number of aromatic hydroxyl groups is 2. The van der Waals surface area contributed by atoms with Gasteiger partial charge in [0.1, 0.15) is 0 Å². The molecule has 0 bridgehead atoms. The SMILES string of the molecule is CC(=O)N=Nc1c(O)n(CCC(C)C)c2ccccc12.CC(C)CCn1c(O)c(N=NC(=O)CCC(=O)NN)c2ccccc21. The Balaban J connectivity index is 0.000000251. The van der Waals surface area contributed by atoms with Gasteiger partial charge in [0.15, 0.2) is 11.4 Å². The van der Waals surface area contributed by atoms with E-state index in [2.05, 4.69) is 48.2 Å². The Morgan fingerprint density at radius 3 is 1.62 bits per heavy atom. The molecule has 240 valence electrons. The summed E-state index contributed by atoms with van der Waals surface area (Å²) in [7, 11) is 0. The van der Waals surface area contributed by atoms with Crippen molar-refractivity contribution < 1.29 is 24.6 Å². The maximum absolute atomic E-state index is 11.7. The van der Waals surface area contributed by atoms with Gasteiger partial charge in [-0.05, 0) is 36.8 Å². The summed E-state index contributed by atoms with van der Waals surface area (Å²) >= 11 is 0. The predicted molar refractivity (Wildman–Crippen MR) is 172 cm³/mol. The van der Waals surface area contributed by atoms with E-state index in [-0.39, 0.29) is 36.2 Å². The van der Waals surface area contributed by atoms with E-state index in [9.17, 15) is 24.6 Å². The summed E-state index contributed by atoms with van der Waals surface area (Å²) in [5.74, 6) is 4.65. The van der Waals surface area contributed by atoms with Crippen LogP contribution in [-0.4, -0.2) is 37.1 Å². The maximum Gasteiger partial charge on any atom is 0.265 e. The molecule has 0 atom stereocenters. The number of hydrogen-bond acceptors (Lipinski definition) is 8. The highest BCUT2D eigenvalue weighted by Crippen LogP contribution is 2.40. The zero-order chi connectivity index (χ0) is 33.1. The third-order valence-electron chi connectivity index (χ3n) is 6.97. The Hall–Kier alpha value is -4.91. The molecule has 0 fully saturated rings. The Morgan fingerprint density at radius 1 is 0.756 bits per heavy atom. The lowest BCUT2D eigenvalue weighted by Gasteiger charge is -2.08. The fourth-order valence-corrected chi connectivity index (χ4v) is 4.54. The number of fused-ring (bicyclic) bond motifs is 2. The van der Waals surface area contributed by atoms with Crippen molar-refractivity contribution in [3.8, 4) is 11.8 Å². The lowest BCUT2D eigenvalue weighted by atomic mass is 10.1. The fraction of sp³-hybridized carbons (Fsp3) is 0.406. The van der Waals surface area contributed by atoms with Gasteiger partial charge in [-0.15, -0.1) is 20.5 Å². The molecule has 0 aliphatic heterocycles. The number of nitrogens with zero attached hydrogens (tertiary/aromatic N) is 6. The third kappa shape index (κ3) is 9.29. The summed E-state index contributed by atoms with van der Waals surface area (Å²) in [4.78, 5) is 33.7. The van der Waals surface area contributed by atoms with Gasteiger partial charge in [0.05, 0.1) is 11.0 Å². The third-order valence-corrected chi connectivity index (χ3v) is 6.97. The van der Waals surface area contributed by atoms with E-state index >= 15 is 0 Å². The first-order valence-corrected chi connectivity index (χ1v) is 14.9. The van der Waals surface area contributed by atoms with Crippen LogP contribution >= 0.6 is 0 Å². The molecule has 0 saturated heterocycles. The highest BCUT2D eigenvalue weighted by molar-refractivity contribution is 5.96. The van der Waals surface area contributed by atoms with Crippen LogP contribution in [0.3, 0.4) is 0 Å². The fourth-order valence-electron chi connectivity index (χ4n) is 4.54. The zero-order valence-electron chi connectivity index (χ0n) is 26.4. The lowest BCUT2D eigenvalue weighted by molar-refractivity contribution is -0.125. The molecule has 4 rings (SSSR count). The number of nitrogens with two attached hydrogens (primary N) is 1. The van der Waals surface area contributed by atoms with Gasteiger partial charge in [-0.3, -0.25) is 19.8 Å². The molecular weight excluding hydrogens is 576 g/mol. The van der Waals surface area contributed by atoms with E-state index in [1.54, 1.807) is 4.57 Å². The molecule has 45 heavy (non-hydrogen) atoms. The first kappa shape index (κ1) is 34.6. The van der Waals surface area contributed by atoms with Crippen molar-refractivity contribution in [2.45, 2.75) is 73.4 Å². The molecule has 13 heteroatoms. The quantitative estimate of drug-likeness (QED) is 0.0619. The van der Waals surface area contributed by atoms with E-state index in [1.165, 1.54) is 6.92 Å². The summed E-state index contributed by atoms with van der Waals surface area (Å²) in [6.07, 6.45) is 1.70. The van der Waals surface area contributed by atoms with Gasteiger partial charge in [-0.1, -0.05) is 64.1 Å². The van der Waals surface area contributed by atoms with E-state index in [4.69, 9.17) is 5.84 Å². The molecule has 0 aliphatic rings. The average Bonchev–Trinajstić information content (AvgIpc) is 3.44. The second-order valence-corrected chi connectivity index (χ2v) is 11.4. The lowest BCUT2D eigenvalue weighted by Crippen LogP contribution is -2.30. The minimum atomic E-state index is -0.554. The number of hydrogen-bond donors (Lipinski definition) is 4. The molecule has 0 saturated carbocycles. The highest BCUT2D eigenvalue weighted by atomic mass is 16.3. The van der Waals surface area contributed by atoms with Gasteiger partial charge < -0.3 is 19.3 Å². The molecular formula is C32H42N8O5. The Labute approximate surface area is 261 Å². The summed E-state index contributed by atoms with van der Waals surface area (Å²) in [6, 6.07) is 15.0. The van der Waals surface area contributed by atoms with Crippen molar-refractivity contribution in [1.29, 1.82) is 0 Å². The van der Waals surface area contributed by atoms with E-state index in [0.29, 0.717) is 30.6 Å². The van der Waals surface area contributed by atoms with Crippen molar-refractivity contribution in [1.82, 2.24) is 14.6 Å². The summed E-state index contributed by atoms with van der Waals surface area (Å²) in [5.41, 5.74) is 4.31. The topological polar surface area (TPSA) is 189 Å². The van der Waals surface area contributed by atoms with Crippen LogP contribution in [0.1, 0.15) is 60.3 Å². The number of benzene rings is 2. The zero-order valence-corrected chi connectivity index (χ0v) is 26.4. The van der Waals surface area contributed by atoms with Crippen molar-refractivity contribution in [3.63, 3.8) is 0 Å². The summed E-state index contributed by atoms with van der Waals surface area (Å²) in [6.45, 7) is 11.2. The minimum Gasteiger partial charge on any atom is -0.493 e. The number of carbonyl (C=O) groups excluding carboxylic acids is 3. The number of carbonyl (C=O) groups is 3. The van der Waals surface area contributed by atoms with E-state index in [0.717, 1.165) is 34.6 Å². The van der Waals surface area contributed by atoms with Gasteiger partial charge in [0, 0.05) is 43.6 Å². The van der Waals surface area contributed by atoms with Gasteiger partial charge >= 0.3 is 0 Å². The van der Waals surface area contributed by atoms with Gasteiger partial charge in [-0.2, -0.15) is 0 Å². The molecule has 0 radical (unpaired) electrons. The van der Waals surface area contributed by atoms with E-state index < -0.39 is 11.8 Å². The van der Waals surface area contributed by atoms with Crippen molar-refractivity contribution in [3.05, 3.63) is 48.5 Å². The van der Waals surface area contributed by atoms with Crippen molar-refractivity contribution >= 4 is 50.9 Å². The number of azo groups is 2. The maximum atomic E-state index is 11.7. The van der Waals surface area contributed by atoms with Crippen LogP contribution in [-0.2, 0) is 27.5 Å². The number of aryl methyl sites for hydroxylation is 2. The van der Waals surface area contributed by atoms with Crippen LogP contribution in [0.15, 0.2) is 69.0 Å². The van der Waals surface area contributed by atoms with Crippen LogP contribution in [0.5, 0.6) is 11.8 Å². The van der Waals surface area contributed by atoms with Crippen LogP contribution in [0.2, 0.25) is 0 Å². The van der Waals surface area contributed by atoms with Crippen molar-refractivity contribution in [2.24, 2.45) is 38.1 Å². The molecule has 2 heterocycles. The minimum absolute atomic E-state index is 0.0156. The molecule has 5 N–H and O–H groups in total. The normalized spacial score (nSPS) is 11.6.